The first-order chi connectivity index (χ1) is 32.7. The van der Waals surface area contributed by atoms with Crippen LogP contribution in [-0.2, 0) is 65.4 Å². The molecule has 0 saturated carbocycles. The van der Waals surface area contributed by atoms with Gasteiger partial charge < -0.3 is 33.8 Å². The summed E-state index contributed by atoms with van der Waals surface area (Å²) in [6, 6.07) is 0. The van der Waals surface area contributed by atoms with Crippen LogP contribution >= 0.6 is 15.6 Å². The fraction of sp³-hybridized carbons (Fsp3) is 0.918. The minimum atomic E-state index is -4.92. The third-order valence-electron chi connectivity index (χ3n) is 11.1. The highest BCUT2D eigenvalue weighted by Gasteiger charge is 2.30. The Balaban J connectivity index is 5.11. The molecule has 0 amide bonds. The molecule has 17 nitrogen and oxygen atoms in total. The zero-order chi connectivity index (χ0) is 50.6. The lowest BCUT2D eigenvalue weighted by Crippen LogP contribution is -2.30. The van der Waals surface area contributed by atoms with E-state index in [9.17, 15) is 43.2 Å². The van der Waals surface area contributed by atoms with Gasteiger partial charge in [0.2, 0.25) is 0 Å². The summed E-state index contributed by atoms with van der Waals surface area (Å²) in [6.45, 7) is 4.57. The number of hydrogen-bond donors (Lipinski definition) is 3. The molecule has 19 heteroatoms. The molecule has 0 rings (SSSR count). The predicted molar refractivity (Wildman–Crippen MR) is 262 cm³/mol. The number of rotatable bonds is 50. The van der Waals surface area contributed by atoms with Gasteiger partial charge in [0.15, 0.2) is 12.2 Å². The van der Waals surface area contributed by atoms with Gasteiger partial charge in [0.05, 0.1) is 26.4 Å². The number of phosphoric ester groups is 2. The summed E-state index contributed by atoms with van der Waals surface area (Å²) >= 11 is 0. The Kier molecular flexibility index (Phi) is 43.7. The second-order valence-corrected chi connectivity index (χ2v) is 20.8. The molecule has 0 fully saturated rings. The smallest absolute Gasteiger partial charge is 0.462 e. The van der Waals surface area contributed by atoms with Gasteiger partial charge in [0, 0.05) is 25.7 Å². The molecule has 0 aromatic carbocycles. The number of ether oxygens (including phenoxy) is 4. The van der Waals surface area contributed by atoms with Gasteiger partial charge in [-0.15, -0.1) is 0 Å². The van der Waals surface area contributed by atoms with Gasteiger partial charge >= 0.3 is 39.5 Å². The molecule has 0 aliphatic carbocycles. The van der Waals surface area contributed by atoms with Gasteiger partial charge in [-0.1, -0.05) is 182 Å². The van der Waals surface area contributed by atoms with E-state index in [-0.39, 0.29) is 25.7 Å². The lowest BCUT2D eigenvalue weighted by Gasteiger charge is -2.21. The number of phosphoric acid groups is 2. The average molecular weight is 1020 g/mol. The van der Waals surface area contributed by atoms with Crippen LogP contribution in [-0.4, -0.2) is 96.7 Å². The van der Waals surface area contributed by atoms with Gasteiger partial charge in [0.25, 0.3) is 0 Å². The molecule has 0 aromatic rings. The number of aliphatic hydroxyl groups is 1. The highest BCUT2D eigenvalue weighted by molar-refractivity contribution is 7.47. The molecular formula is C49H94O17P2. The van der Waals surface area contributed by atoms with E-state index >= 15 is 0 Å². The van der Waals surface area contributed by atoms with Crippen LogP contribution in [0.2, 0.25) is 0 Å². The molecule has 0 aliphatic rings. The average Bonchev–Trinajstić information content (AvgIpc) is 3.30. The van der Waals surface area contributed by atoms with Gasteiger partial charge in [0.1, 0.15) is 19.3 Å². The van der Waals surface area contributed by atoms with E-state index in [1.807, 2.05) is 0 Å². The predicted octanol–water partition coefficient (Wildman–Crippen LogP) is 12.1. The van der Waals surface area contributed by atoms with Crippen LogP contribution in [0.1, 0.15) is 233 Å². The first-order valence-electron chi connectivity index (χ1n) is 26.3. The van der Waals surface area contributed by atoms with E-state index in [1.54, 1.807) is 0 Å². The highest BCUT2D eigenvalue weighted by Crippen LogP contribution is 2.45. The number of hydrogen-bond acceptors (Lipinski definition) is 15. The van der Waals surface area contributed by atoms with Crippen LogP contribution in [0.5, 0.6) is 0 Å². The second kappa shape index (κ2) is 45.0. The minimum absolute atomic E-state index is 0.0993. The second-order valence-electron chi connectivity index (χ2n) is 17.8. The Morgan fingerprint density at radius 3 is 0.868 bits per heavy atom. The quantitative estimate of drug-likeness (QED) is 0.0222. The summed E-state index contributed by atoms with van der Waals surface area (Å²) in [5, 5.41) is 10.4. The molecule has 0 heterocycles. The largest absolute Gasteiger partial charge is 0.472 e. The number of carbonyl (C=O) groups excluding carboxylic acids is 4. The standard InChI is InChI=1S/C49H94O17P2/c1-5-9-13-17-20-21-22-24-28-30-34-47(52)60-40-45(66-49(54)36-32-26-19-15-11-7-3)42-64-68(57,58)62-38-43(50)37-61-67(55,56)63-41-44(65-48(53)35-31-25-16-12-8-4)39-59-46(51)33-29-27-23-18-14-10-6-2/h43-45,50H,5-42H2,1-4H3,(H,55,56)(H,57,58)/t43-,44-,45-/m1/s1. The van der Waals surface area contributed by atoms with Crippen LogP contribution in [0.15, 0.2) is 0 Å². The van der Waals surface area contributed by atoms with Crippen LogP contribution < -0.4 is 0 Å². The maximum absolute atomic E-state index is 12.8. The summed E-state index contributed by atoms with van der Waals surface area (Å²) in [6.07, 6.45) is 24.6. The van der Waals surface area contributed by atoms with E-state index in [4.69, 9.17) is 37.0 Å². The molecule has 0 bridgehead atoms. The number of esters is 4. The molecule has 402 valence electrons. The van der Waals surface area contributed by atoms with Gasteiger partial charge in [-0.3, -0.25) is 37.3 Å². The summed E-state index contributed by atoms with van der Waals surface area (Å²) < 4.78 is 66.8. The summed E-state index contributed by atoms with van der Waals surface area (Å²) in [7, 11) is -9.83. The summed E-state index contributed by atoms with van der Waals surface area (Å²) in [4.78, 5) is 70.9. The van der Waals surface area contributed by atoms with E-state index in [0.717, 1.165) is 109 Å². The van der Waals surface area contributed by atoms with E-state index in [0.29, 0.717) is 25.7 Å². The van der Waals surface area contributed by atoms with E-state index < -0.39 is 97.5 Å². The first-order valence-corrected chi connectivity index (χ1v) is 29.3. The van der Waals surface area contributed by atoms with Crippen molar-refractivity contribution in [2.75, 3.05) is 39.6 Å². The Morgan fingerprint density at radius 2 is 0.588 bits per heavy atom. The molecule has 0 radical (unpaired) electrons. The monoisotopic (exact) mass is 1020 g/mol. The molecule has 0 spiro atoms. The van der Waals surface area contributed by atoms with Gasteiger partial charge in [-0.25, -0.2) is 9.13 Å². The molecule has 2 unspecified atom stereocenters. The number of aliphatic hydroxyl groups excluding tert-OH is 1. The van der Waals surface area contributed by atoms with Crippen molar-refractivity contribution in [1.82, 2.24) is 0 Å². The number of unbranched alkanes of at least 4 members (excludes halogenated alkanes) is 24. The van der Waals surface area contributed by atoms with Crippen molar-refractivity contribution >= 4 is 39.5 Å². The molecule has 0 aromatic heterocycles. The topological polar surface area (TPSA) is 237 Å². The highest BCUT2D eigenvalue weighted by atomic mass is 31.2. The van der Waals surface area contributed by atoms with Crippen molar-refractivity contribution in [1.29, 1.82) is 0 Å². The molecular weight excluding hydrogens is 922 g/mol. The SMILES string of the molecule is CCCCCCCCCCCCC(=O)OC[C@H](COP(=O)(O)OC[C@H](O)COP(=O)(O)OC[C@@H](COC(=O)CCCCCCCCC)OC(=O)CCCCCCC)OC(=O)CCCCCCCC. The first kappa shape index (κ1) is 66.1. The van der Waals surface area contributed by atoms with Crippen molar-refractivity contribution in [3.8, 4) is 0 Å². The summed E-state index contributed by atoms with van der Waals surface area (Å²) in [5.74, 6) is -2.18. The Bertz CT molecular complexity index is 1350. The fourth-order valence-corrected chi connectivity index (χ4v) is 8.56. The molecule has 0 aliphatic heterocycles. The third-order valence-corrected chi connectivity index (χ3v) is 13.0. The Hall–Kier alpha value is -1.94. The normalized spacial score (nSPS) is 14.6. The lowest BCUT2D eigenvalue weighted by atomic mass is 10.1. The zero-order valence-corrected chi connectivity index (χ0v) is 44.3. The van der Waals surface area contributed by atoms with Crippen LogP contribution in [0.4, 0.5) is 0 Å². The van der Waals surface area contributed by atoms with E-state index in [1.165, 1.54) is 44.9 Å². The van der Waals surface area contributed by atoms with Crippen LogP contribution in [0.3, 0.4) is 0 Å². The van der Waals surface area contributed by atoms with Gasteiger partial charge in [-0.05, 0) is 25.7 Å². The maximum Gasteiger partial charge on any atom is 0.472 e. The van der Waals surface area contributed by atoms with Gasteiger partial charge in [-0.2, -0.15) is 0 Å². The Labute approximate surface area is 409 Å². The van der Waals surface area contributed by atoms with Crippen molar-refractivity contribution in [2.45, 2.75) is 251 Å². The van der Waals surface area contributed by atoms with Crippen LogP contribution in [0.25, 0.3) is 0 Å². The maximum atomic E-state index is 12.8. The van der Waals surface area contributed by atoms with E-state index in [2.05, 4.69) is 27.7 Å². The minimum Gasteiger partial charge on any atom is -0.462 e. The van der Waals surface area contributed by atoms with Crippen molar-refractivity contribution in [3.05, 3.63) is 0 Å². The third kappa shape index (κ3) is 44.0. The number of carbonyl (C=O) groups is 4. The van der Waals surface area contributed by atoms with Crippen molar-refractivity contribution < 1.29 is 80.2 Å². The van der Waals surface area contributed by atoms with Crippen LogP contribution in [0, 0.1) is 0 Å². The molecule has 68 heavy (non-hydrogen) atoms. The zero-order valence-electron chi connectivity index (χ0n) is 42.6. The lowest BCUT2D eigenvalue weighted by molar-refractivity contribution is -0.161. The molecule has 5 atom stereocenters. The molecule has 0 saturated heterocycles. The van der Waals surface area contributed by atoms with Crippen molar-refractivity contribution in [2.24, 2.45) is 0 Å². The molecule has 3 N–H and O–H groups in total. The Morgan fingerprint density at radius 1 is 0.353 bits per heavy atom. The fourth-order valence-electron chi connectivity index (χ4n) is 6.98. The van der Waals surface area contributed by atoms with Crippen molar-refractivity contribution in [3.63, 3.8) is 0 Å². The summed E-state index contributed by atoms with van der Waals surface area (Å²) in [5.41, 5.74) is 0.